The van der Waals surface area contributed by atoms with Crippen molar-refractivity contribution in [2.24, 2.45) is 22.7 Å². The van der Waals surface area contributed by atoms with Crippen LogP contribution in [0.2, 0.25) is 0 Å². The molecule has 1 heterocycles. The fourth-order valence-corrected chi connectivity index (χ4v) is 7.79. The molecule has 152 valence electrons. The van der Waals surface area contributed by atoms with Gasteiger partial charge in [0.1, 0.15) is 0 Å². The highest BCUT2D eigenvalue weighted by atomic mass is 16.3. The summed E-state index contributed by atoms with van der Waals surface area (Å²) in [6.45, 7) is 4.48. The summed E-state index contributed by atoms with van der Waals surface area (Å²) in [4.78, 5) is 4.12. The standard InChI is InChI=1S/C24H33NO3/c1-21-9-5-18(26)15-17(21)3-4-20-19(21)6-10-22(2)23(27,11-12-24(20,22)28)16-7-13-25-14-8-16/h7-8,13-15,18-20,26-28H,3-6,9-12H2,1-2H3/t18?,19-,20-,21+,22-,23?,24-/m1/s1. The van der Waals surface area contributed by atoms with Gasteiger partial charge in [0.05, 0.1) is 17.3 Å². The van der Waals surface area contributed by atoms with E-state index < -0.39 is 16.6 Å². The summed E-state index contributed by atoms with van der Waals surface area (Å²) in [7, 11) is 0. The predicted molar refractivity (Wildman–Crippen MR) is 107 cm³/mol. The van der Waals surface area contributed by atoms with Gasteiger partial charge in [0.25, 0.3) is 0 Å². The second-order valence-electron chi connectivity index (χ2n) is 10.4. The average Bonchev–Trinajstić information content (AvgIpc) is 2.91. The first kappa shape index (κ1) is 18.8. The lowest BCUT2D eigenvalue weighted by molar-refractivity contribution is -0.221. The Morgan fingerprint density at radius 2 is 1.68 bits per heavy atom. The lowest BCUT2D eigenvalue weighted by atomic mass is 9.44. The van der Waals surface area contributed by atoms with Crippen LogP contribution in [0.25, 0.3) is 0 Å². The van der Waals surface area contributed by atoms with E-state index >= 15 is 0 Å². The fourth-order valence-electron chi connectivity index (χ4n) is 7.79. The summed E-state index contributed by atoms with van der Waals surface area (Å²) in [5, 5.41) is 34.2. The minimum atomic E-state index is -1.00. The third-order valence-corrected chi connectivity index (χ3v) is 9.58. The quantitative estimate of drug-likeness (QED) is 0.647. The molecule has 0 saturated heterocycles. The van der Waals surface area contributed by atoms with Crippen LogP contribution in [-0.4, -0.2) is 32.0 Å². The van der Waals surface area contributed by atoms with Crippen molar-refractivity contribution in [2.45, 2.75) is 82.5 Å². The van der Waals surface area contributed by atoms with E-state index in [-0.39, 0.29) is 17.4 Å². The molecule has 3 saturated carbocycles. The predicted octanol–water partition coefficient (Wildman–Crippen LogP) is 3.71. The Kier molecular flexibility index (Phi) is 3.96. The van der Waals surface area contributed by atoms with Gasteiger partial charge in [-0.15, -0.1) is 0 Å². The van der Waals surface area contributed by atoms with Crippen LogP contribution >= 0.6 is 0 Å². The van der Waals surface area contributed by atoms with Gasteiger partial charge in [-0.2, -0.15) is 0 Å². The van der Waals surface area contributed by atoms with Gasteiger partial charge in [-0.3, -0.25) is 4.98 Å². The molecule has 7 atom stereocenters. The first-order chi connectivity index (χ1) is 13.2. The Bertz CT molecular complexity index is 809. The van der Waals surface area contributed by atoms with E-state index in [9.17, 15) is 15.3 Å². The van der Waals surface area contributed by atoms with Gasteiger partial charge in [0.2, 0.25) is 0 Å². The number of aliphatic hydroxyl groups excluding tert-OH is 1. The van der Waals surface area contributed by atoms with Gasteiger partial charge in [0, 0.05) is 17.8 Å². The van der Waals surface area contributed by atoms with Gasteiger partial charge in [-0.25, -0.2) is 0 Å². The van der Waals surface area contributed by atoms with Crippen molar-refractivity contribution in [3.8, 4) is 0 Å². The van der Waals surface area contributed by atoms with Gasteiger partial charge in [-0.1, -0.05) is 25.5 Å². The first-order valence-electron chi connectivity index (χ1n) is 11.0. The highest BCUT2D eigenvalue weighted by molar-refractivity contribution is 5.33. The van der Waals surface area contributed by atoms with E-state index in [2.05, 4.69) is 24.9 Å². The van der Waals surface area contributed by atoms with E-state index in [0.717, 1.165) is 44.1 Å². The third-order valence-electron chi connectivity index (χ3n) is 9.58. The van der Waals surface area contributed by atoms with Crippen molar-refractivity contribution in [3.63, 3.8) is 0 Å². The molecular weight excluding hydrogens is 350 g/mol. The van der Waals surface area contributed by atoms with Crippen LogP contribution in [-0.2, 0) is 5.60 Å². The van der Waals surface area contributed by atoms with Gasteiger partial charge in [0.15, 0.2) is 0 Å². The maximum absolute atomic E-state index is 12.2. The molecule has 3 N–H and O–H groups in total. The molecule has 0 bridgehead atoms. The molecule has 4 aliphatic rings. The summed E-state index contributed by atoms with van der Waals surface area (Å²) in [6.07, 6.45) is 12.1. The molecule has 28 heavy (non-hydrogen) atoms. The molecule has 1 aromatic heterocycles. The van der Waals surface area contributed by atoms with Gasteiger partial charge in [-0.05, 0) is 86.3 Å². The summed E-state index contributed by atoms with van der Waals surface area (Å²) < 4.78 is 0. The smallest absolute Gasteiger partial charge is 0.0979 e. The molecule has 4 aliphatic carbocycles. The molecule has 5 rings (SSSR count). The number of nitrogens with zero attached hydrogens (tertiary/aromatic N) is 1. The lowest BCUT2D eigenvalue weighted by Gasteiger charge is -2.62. The second kappa shape index (κ2) is 5.90. The minimum Gasteiger partial charge on any atom is -0.389 e. The molecule has 0 aromatic carbocycles. The summed E-state index contributed by atoms with van der Waals surface area (Å²) >= 11 is 0. The van der Waals surface area contributed by atoms with Crippen LogP contribution in [0, 0.1) is 22.7 Å². The number of allylic oxidation sites excluding steroid dienone is 1. The average molecular weight is 384 g/mol. The number of aliphatic hydroxyl groups is 3. The number of hydrogen-bond acceptors (Lipinski definition) is 4. The number of fused-ring (bicyclic) bond motifs is 5. The Morgan fingerprint density at radius 1 is 0.929 bits per heavy atom. The molecule has 3 fully saturated rings. The van der Waals surface area contributed by atoms with Crippen LogP contribution in [0.5, 0.6) is 0 Å². The maximum Gasteiger partial charge on any atom is 0.0979 e. The highest BCUT2D eigenvalue weighted by Gasteiger charge is 2.71. The van der Waals surface area contributed by atoms with Crippen molar-refractivity contribution < 1.29 is 15.3 Å². The van der Waals surface area contributed by atoms with Crippen LogP contribution in [0.15, 0.2) is 36.2 Å². The lowest BCUT2D eigenvalue weighted by Crippen LogP contribution is -2.63. The molecular formula is C24H33NO3. The Morgan fingerprint density at radius 3 is 2.43 bits per heavy atom. The van der Waals surface area contributed by atoms with E-state index in [1.807, 2.05) is 12.1 Å². The Balaban J connectivity index is 1.55. The Hall–Kier alpha value is -1.23. The normalized spacial score (nSPS) is 50.3. The Labute approximate surface area is 167 Å². The summed E-state index contributed by atoms with van der Waals surface area (Å²) in [6, 6.07) is 3.82. The molecule has 0 aliphatic heterocycles. The molecule has 2 unspecified atom stereocenters. The van der Waals surface area contributed by atoms with E-state index in [1.165, 1.54) is 5.57 Å². The molecule has 0 radical (unpaired) electrons. The summed E-state index contributed by atoms with van der Waals surface area (Å²) in [5.41, 5.74) is -0.0244. The van der Waals surface area contributed by atoms with E-state index in [4.69, 9.17) is 0 Å². The van der Waals surface area contributed by atoms with Crippen molar-refractivity contribution in [2.75, 3.05) is 0 Å². The third kappa shape index (κ3) is 2.15. The van der Waals surface area contributed by atoms with Gasteiger partial charge < -0.3 is 15.3 Å². The molecule has 4 nitrogen and oxygen atoms in total. The maximum atomic E-state index is 12.2. The van der Waals surface area contributed by atoms with Crippen molar-refractivity contribution >= 4 is 0 Å². The number of pyridine rings is 1. The van der Waals surface area contributed by atoms with E-state index in [1.54, 1.807) is 12.4 Å². The molecule has 0 spiro atoms. The number of rotatable bonds is 1. The number of hydrogen-bond donors (Lipinski definition) is 3. The van der Waals surface area contributed by atoms with Crippen molar-refractivity contribution in [3.05, 3.63) is 41.7 Å². The SMILES string of the molecule is C[C@]12CCC(O)C=C1CC[C@@H]1[C@H]2CC[C@]2(C)C(O)(c3ccncc3)CC[C@@]12O. The molecule has 4 heteroatoms. The van der Waals surface area contributed by atoms with Crippen LogP contribution in [0.3, 0.4) is 0 Å². The largest absolute Gasteiger partial charge is 0.389 e. The summed E-state index contributed by atoms with van der Waals surface area (Å²) in [5.74, 6) is 0.636. The van der Waals surface area contributed by atoms with Gasteiger partial charge >= 0.3 is 0 Å². The van der Waals surface area contributed by atoms with E-state index in [0.29, 0.717) is 18.8 Å². The topological polar surface area (TPSA) is 73.6 Å². The zero-order chi connectivity index (χ0) is 19.8. The number of aromatic nitrogens is 1. The molecule has 0 amide bonds. The zero-order valence-electron chi connectivity index (χ0n) is 17.1. The van der Waals surface area contributed by atoms with Crippen LogP contribution < -0.4 is 0 Å². The highest BCUT2D eigenvalue weighted by Crippen LogP contribution is 2.71. The zero-order valence-corrected chi connectivity index (χ0v) is 17.1. The van der Waals surface area contributed by atoms with Crippen molar-refractivity contribution in [1.29, 1.82) is 0 Å². The first-order valence-corrected chi connectivity index (χ1v) is 11.0. The second-order valence-corrected chi connectivity index (χ2v) is 10.4. The van der Waals surface area contributed by atoms with Crippen LogP contribution in [0.1, 0.15) is 70.8 Å². The molecule has 1 aromatic rings. The minimum absolute atomic E-state index is 0.0799. The monoisotopic (exact) mass is 383 g/mol. The fraction of sp³-hybridized carbons (Fsp3) is 0.708. The van der Waals surface area contributed by atoms with Crippen LogP contribution in [0.4, 0.5) is 0 Å². The van der Waals surface area contributed by atoms with Crippen molar-refractivity contribution in [1.82, 2.24) is 4.98 Å².